The second-order valence-corrected chi connectivity index (χ2v) is 7.89. The molecule has 2 aliphatic heterocycles. The topological polar surface area (TPSA) is 59.1 Å². The Morgan fingerprint density at radius 1 is 1.18 bits per heavy atom. The molecule has 0 aromatic carbocycles. The van der Waals surface area contributed by atoms with Gasteiger partial charge >= 0.3 is 6.09 Å². The van der Waals surface area contributed by atoms with Crippen LogP contribution in [0.25, 0.3) is 0 Å². The molecule has 2 saturated heterocycles. The fourth-order valence-corrected chi connectivity index (χ4v) is 3.93. The van der Waals surface area contributed by atoms with Crippen molar-refractivity contribution >= 4 is 12.6 Å². The lowest BCUT2D eigenvalue weighted by Crippen LogP contribution is -2.66. The summed E-state index contributed by atoms with van der Waals surface area (Å²) < 4.78 is 10.9. The van der Waals surface area contributed by atoms with Gasteiger partial charge in [0.15, 0.2) is 0 Å². The zero-order valence-electron chi connectivity index (χ0n) is 14.5. The van der Waals surface area contributed by atoms with Gasteiger partial charge in [0.2, 0.25) is 0 Å². The van der Waals surface area contributed by atoms with E-state index in [1.807, 2.05) is 46.6 Å². The van der Waals surface area contributed by atoms with E-state index >= 15 is 0 Å². The number of carbonyl (C=O) groups is 2. The number of carbonyl (C=O) groups excluding carboxylic acids is 2. The molecule has 1 amide bonds. The van der Waals surface area contributed by atoms with Crippen LogP contribution in [-0.2, 0) is 14.3 Å². The summed E-state index contributed by atoms with van der Waals surface area (Å²) >= 11 is 0. The lowest BCUT2D eigenvalue weighted by molar-refractivity contribution is -0.152. The first-order valence-electron chi connectivity index (χ1n) is 7.90. The Labute approximate surface area is 132 Å². The zero-order chi connectivity index (χ0) is 16.7. The Kier molecular flexibility index (Phi) is 4.44. The van der Waals surface area contributed by atoms with E-state index < -0.39 is 11.2 Å². The second-order valence-electron chi connectivity index (χ2n) is 7.89. The summed E-state index contributed by atoms with van der Waals surface area (Å²) in [6.07, 6.45) is 1.60. The third kappa shape index (κ3) is 3.21. The highest BCUT2D eigenvalue weighted by atomic mass is 16.6. The van der Waals surface area contributed by atoms with Gasteiger partial charge in [0.05, 0.1) is 12.1 Å². The van der Waals surface area contributed by atoms with E-state index in [-0.39, 0.29) is 24.2 Å². The first kappa shape index (κ1) is 17.1. The largest absolute Gasteiger partial charge is 0.460 e. The van der Waals surface area contributed by atoms with Crippen LogP contribution in [0.5, 0.6) is 0 Å². The van der Waals surface area contributed by atoms with Crippen molar-refractivity contribution in [2.45, 2.75) is 76.8 Å². The van der Waals surface area contributed by atoms with Gasteiger partial charge in [0, 0.05) is 12.6 Å². The van der Waals surface area contributed by atoms with Crippen LogP contribution in [0, 0.1) is 0 Å². The molecule has 0 spiro atoms. The van der Waals surface area contributed by atoms with Crippen molar-refractivity contribution in [1.82, 2.24) is 9.80 Å². The quantitative estimate of drug-likeness (QED) is 0.746. The van der Waals surface area contributed by atoms with E-state index in [0.29, 0.717) is 6.47 Å². The van der Waals surface area contributed by atoms with E-state index in [9.17, 15) is 9.59 Å². The Morgan fingerprint density at radius 2 is 1.82 bits per heavy atom. The van der Waals surface area contributed by atoms with Crippen molar-refractivity contribution in [3.8, 4) is 0 Å². The van der Waals surface area contributed by atoms with Crippen LogP contribution in [0.1, 0.15) is 47.5 Å². The molecule has 6 heteroatoms. The molecule has 0 aliphatic carbocycles. The van der Waals surface area contributed by atoms with E-state index in [1.165, 1.54) is 0 Å². The van der Waals surface area contributed by atoms with Crippen LogP contribution in [0.15, 0.2) is 0 Å². The number of piperazine rings is 1. The van der Waals surface area contributed by atoms with Crippen LogP contribution < -0.4 is 0 Å². The van der Waals surface area contributed by atoms with E-state index in [2.05, 4.69) is 4.90 Å². The SMILES string of the molecule is CN1C[C@@H]2CC[C@H](C1C(C)(C)OC=O)N2C(=O)OC(C)(C)C. The molecule has 0 aromatic heterocycles. The Hall–Kier alpha value is -1.30. The Morgan fingerprint density at radius 3 is 2.36 bits per heavy atom. The maximum atomic E-state index is 12.6. The van der Waals surface area contributed by atoms with Gasteiger partial charge in [0.25, 0.3) is 6.47 Å². The molecule has 2 rings (SSSR count). The van der Waals surface area contributed by atoms with Crippen molar-refractivity contribution in [3.63, 3.8) is 0 Å². The molecule has 6 nitrogen and oxygen atoms in total. The predicted octanol–water partition coefficient (Wildman–Crippen LogP) is 2.02. The highest BCUT2D eigenvalue weighted by molar-refractivity contribution is 5.70. The second kappa shape index (κ2) is 5.72. The lowest BCUT2D eigenvalue weighted by atomic mass is 9.88. The maximum Gasteiger partial charge on any atom is 0.410 e. The van der Waals surface area contributed by atoms with Gasteiger partial charge in [-0.2, -0.15) is 0 Å². The average Bonchev–Trinajstić information content (AvgIpc) is 2.62. The third-order valence-corrected chi connectivity index (χ3v) is 4.55. The minimum atomic E-state index is -0.656. The first-order valence-corrected chi connectivity index (χ1v) is 7.90. The van der Waals surface area contributed by atoms with Gasteiger partial charge in [-0.3, -0.25) is 14.6 Å². The molecule has 0 radical (unpaired) electrons. The van der Waals surface area contributed by atoms with Gasteiger partial charge in [0.1, 0.15) is 11.2 Å². The van der Waals surface area contributed by atoms with E-state index in [0.717, 1.165) is 19.4 Å². The van der Waals surface area contributed by atoms with Crippen LogP contribution in [0.2, 0.25) is 0 Å². The van der Waals surface area contributed by atoms with E-state index in [4.69, 9.17) is 9.47 Å². The average molecular weight is 312 g/mol. The summed E-state index contributed by atoms with van der Waals surface area (Å²) in [5.41, 5.74) is -1.17. The molecule has 2 fully saturated rings. The third-order valence-electron chi connectivity index (χ3n) is 4.55. The summed E-state index contributed by atoms with van der Waals surface area (Å²) in [4.78, 5) is 27.5. The number of nitrogens with zero attached hydrogens (tertiary/aromatic N) is 2. The van der Waals surface area contributed by atoms with E-state index in [1.54, 1.807) is 0 Å². The molecule has 2 bridgehead atoms. The minimum absolute atomic E-state index is 0.00792. The van der Waals surface area contributed by atoms with Crippen LogP contribution in [-0.4, -0.2) is 65.3 Å². The number of amides is 1. The summed E-state index contributed by atoms with van der Waals surface area (Å²) in [5, 5.41) is 0. The molecule has 0 aromatic rings. The number of likely N-dealkylation sites (N-methyl/N-ethyl adjacent to an activating group) is 1. The molecule has 1 unspecified atom stereocenters. The van der Waals surface area contributed by atoms with Crippen molar-refractivity contribution < 1.29 is 19.1 Å². The number of hydrogen-bond donors (Lipinski definition) is 0. The lowest BCUT2D eigenvalue weighted by Gasteiger charge is -2.50. The molecule has 126 valence electrons. The summed E-state index contributed by atoms with van der Waals surface area (Å²) in [6, 6.07) is 0.144. The Balaban J connectivity index is 2.24. The van der Waals surface area contributed by atoms with Crippen molar-refractivity contribution in [2.75, 3.05) is 13.6 Å². The molecule has 0 N–H and O–H groups in total. The first-order chi connectivity index (χ1) is 10.1. The highest BCUT2D eigenvalue weighted by Crippen LogP contribution is 2.39. The zero-order valence-corrected chi connectivity index (χ0v) is 14.5. The fourth-order valence-electron chi connectivity index (χ4n) is 3.93. The summed E-state index contributed by atoms with van der Waals surface area (Å²) in [7, 11) is 2.03. The monoisotopic (exact) mass is 312 g/mol. The number of likely N-dealkylation sites (tertiary alicyclic amines) is 1. The highest BCUT2D eigenvalue weighted by Gasteiger charge is 2.53. The van der Waals surface area contributed by atoms with Gasteiger partial charge in [-0.15, -0.1) is 0 Å². The molecule has 22 heavy (non-hydrogen) atoms. The van der Waals surface area contributed by atoms with Crippen LogP contribution >= 0.6 is 0 Å². The van der Waals surface area contributed by atoms with Gasteiger partial charge in [-0.1, -0.05) is 0 Å². The number of hydrogen-bond acceptors (Lipinski definition) is 5. The molecular formula is C16H28N2O4. The number of ether oxygens (including phenoxy) is 2. The van der Waals surface area contributed by atoms with Crippen molar-refractivity contribution in [1.29, 1.82) is 0 Å². The fraction of sp³-hybridized carbons (Fsp3) is 0.875. The smallest absolute Gasteiger partial charge is 0.410 e. The minimum Gasteiger partial charge on any atom is -0.460 e. The summed E-state index contributed by atoms with van der Waals surface area (Å²) in [6.45, 7) is 10.7. The van der Waals surface area contributed by atoms with Crippen molar-refractivity contribution in [2.24, 2.45) is 0 Å². The van der Waals surface area contributed by atoms with Crippen LogP contribution in [0.4, 0.5) is 4.79 Å². The van der Waals surface area contributed by atoms with Crippen LogP contribution in [0.3, 0.4) is 0 Å². The van der Waals surface area contributed by atoms with Crippen molar-refractivity contribution in [3.05, 3.63) is 0 Å². The molecular weight excluding hydrogens is 284 g/mol. The van der Waals surface area contributed by atoms with Gasteiger partial charge in [-0.05, 0) is 54.5 Å². The standard InChI is InChI=1S/C16H28N2O4/c1-15(2,3)22-14(20)18-11-7-8-12(18)13(17(6)9-11)16(4,5)21-10-19/h10-13H,7-9H2,1-6H3/t11-,12+,13?/m0/s1. The van der Waals surface area contributed by atoms with Gasteiger partial charge < -0.3 is 9.47 Å². The number of rotatable bonds is 3. The molecule has 3 atom stereocenters. The van der Waals surface area contributed by atoms with Gasteiger partial charge in [-0.25, -0.2) is 4.79 Å². The predicted molar refractivity (Wildman–Crippen MR) is 82.5 cm³/mol. The normalized spacial score (nSPS) is 29.4. The number of fused-ring (bicyclic) bond motifs is 2. The molecule has 2 aliphatic rings. The maximum absolute atomic E-state index is 12.6. The molecule has 2 heterocycles. The Bertz CT molecular complexity index is 444. The summed E-state index contributed by atoms with van der Waals surface area (Å²) in [5.74, 6) is 0. The molecule has 0 saturated carbocycles.